The molecule has 3 rings (SSSR count). The first-order valence-electron chi connectivity index (χ1n) is 9.66. The summed E-state index contributed by atoms with van der Waals surface area (Å²) in [6, 6.07) is 7.32. The van der Waals surface area contributed by atoms with Gasteiger partial charge in [0.25, 0.3) is 11.6 Å². The second-order valence-electron chi connectivity index (χ2n) is 7.15. The number of piperidine rings is 1. The first kappa shape index (κ1) is 22.6. The molecular formula is C20H22FN3O6S. The lowest BCUT2D eigenvalue weighted by Gasteiger charge is -2.26. The summed E-state index contributed by atoms with van der Waals surface area (Å²) in [6.45, 7) is 2.08. The van der Waals surface area contributed by atoms with Crippen molar-refractivity contribution < 1.29 is 27.3 Å². The van der Waals surface area contributed by atoms with Crippen LogP contribution in [-0.2, 0) is 14.8 Å². The van der Waals surface area contributed by atoms with Gasteiger partial charge < -0.3 is 10.1 Å². The van der Waals surface area contributed by atoms with E-state index in [0.717, 1.165) is 31.4 Å². The molecular weight excluding hydrogens is 429 g/mol. The quantitative estimate of drug-likeness (QED) is 0.510. The standard InChI is InChI=1S/C20H22FN3O6S/c1-14-5-7-16(31(28,29)23-9-3-2-4-10-23)12-18(14)22-20(25)13-30-19-8-6-15(24(26)27)11-17(19)21/h5-8,11-12H,2-4,9-10,13H2,1H3,(H,22,25). The number of hydrogen-bond donors (Lipinski definition) is 1. The smallest absolute Gasteiger partial charge is 0.272 e. The zero-order chi connectivity index (χ0) is 22.6. The lowest BCUT2D eigenvalue weighted by Crippen LogP contribution is -2.35. The second-order valence-corrected chi connectivity index (χ2v) is 9.09. The van der Waals surface area contributed by atoms with Gasteiger partial charge in [0.15, 0.2) is 18.2 Å². The molecule has 9 nitrogen and oxygen atoms in total. The number of benzene rings is 2. The van der Waals surface area contributed by atoms with Gasteiger partial charge in [-0.2, -0.15) is 4.31 Å². The maximum absolute atomic E-state index is 13.9. The van der Waals surface area contributed by atoms with E-state index < -0.39 is 39.0 Å². The summed E-state index contributed by atoms with van der Waals surface area (Å²) in [5.74, 6) is -1.90. The zero-order valence-electron chi connectivity index (χ0n) is 16.8. The van der Waals surface area contributed by atoms with E-state index in [-0.39, 0.29) is 10.6 Å². The number of amides is 1. The van der Waals surface area contributed by atoms with Crippen LogP contribution >= 0.6 is 0 Å². The van der Waals surface area contributed by atoms with Crippen LogP contribution in [0.5, 0.6) is 5.75 Å². The maximum atomic E-state index is 13.9. The van der Waals surface area contributed by atoms with Crippen LogP contribution in [0.25, 0.3) is 0 Å². The second kappa shape index (κ2) is 9.40. The number of nitrogens with zero attached hydrogens (tertiary/aromatic N) is 2. The minimum atomic E-state index is -3.66. The minimum absolute atomic E-state index is 0.0811. The molecule has 0 bridgehead atoms. The van der Waals surface area contributed by atoms with Crippen LogP contribution in [0, 0.1) is 22.9 Å². The Morgan fingerprint density at radius 1 is 1.19 bits per heavy atom. The lowest BCUT2D eigenvalue weighted by molar-refractivity contribution is -0.385. The van der Waals surface area contributed by atoms with E-state index in [4.69, 9.17) is 4.74 Å². The summed E-state index contributed by atoms with van der Waals surface area (Å²) in [7, 11) is -3.66. The molecule has 0 radical (unpaired) electrons. The van der Waals surface area contributed by atoms with Crippen molar-refractivity contribution in [2.24, 2.45) is 0 Å². The SMILES string of the molecule is Cc1ccc(S(=O)(=O)N2CCCCC2)cc1NC(=O)COc1ccc([N+](=O)[O-])cc1F. The number of non-ortho nitro benzene ring substituents is 1. The van der Waals surface area contributed by atoms with Gasteiger partial charge in [0.1, 0.15) is 0 Å². The molecule has 2 aromatic carbocycles. The molecule has 0 spiro atoms. The van der Waals surface area contributed by atoms with Gasteiger partial charge in [0.2, 0.25) is 10.0 Å². The van der Waals surface area contributed by atoms with E-state index in [0.29, 0.717) is 30.4 Å². The molecule has 1 heterocycles. The summed E-state index contributed by atoms with van der Waals surface area (Å²) < 4.78 is 46.1. The molecule has 2 aromatic rings. The molecule has 0 unspecified atom stereocenters. The van der Waals surface area contributed by atoms with Gasteiger partial charge in [-0.3, -0.25) is 14.9 Å². The molecule has 1 amide bonds. The van der Waals surface area contributed by atoms with Crippen molar-refractivity contribution in [2.45, 2.75) is 31.1 Å². The fraction of sp³-hybridized carbons (Fsp3) is 0.350. The number of carbonyl (C=O) groups is 1. The zero-order valence-corrected chi connectivity index (χ0v) is 17.7. The van der Waals surface area contributed by atoms with Gasteiger partial charge in [0, 0.05) is 24.8 Å². The summed E-state index contributed by atoms with van der Waals surface area (Å²) in [6.07, 6.45) is 2.62. The minimum Gasteiger partial charge on any atom is -0.481 e. The molecule has 166 valence electrons. The molecule has 1 saturated heterocycles. The molecule has 31 heavy (non-hydrogen) atoms. The van der Waals surface area contributed by atoms with Crippen LogP contribution in [0.1, 0.15) is 24.8 Å². The van der Waals surface area contributed by atoms with E-state index in [1.54, 1.807) is 13.0 Å². The largest absolute Gasteiger partial charge is 0.481 e. The first-order valence-corrected chi connectivity index (χ1v) is 11.1. The van der Waals surface area contributed by atoms with E-state index in [1.807, 2.05) is 0 Å². The third kappa shape index (κ3) is 5.36. The highest BCUT2D eigenvalue weighted by molar-refractivity contribution is 7.89. The van der Waals surface area contributed by atoms with Gasteiger partial charge in [-0.05, 0) is 43.5 Å². The Bertz CT molecular complexity index is 1100. The topological polar surface area (TPSA) is 119 Å². The molecule has 0 saturated carbocycles. The Kier molecular flexibility index (Phi) is 6.86. The van der Waals surface area contributed by atoms with E-state index in [9.17, 15) is 27.7 Å². The highest BCUT2D eigenvalue weighted by Gasteiger charge is 2.26. The van der Waals surface area contributed by atoms with Crippen molar-refractivity contribution in [2.75, 3.05) is 25.0 Å². The van der Waals surface area contributed by atoms with Crippen molar-refractivity contribution in [3.8, 4) is 5.75 Å². The molecule has 0 atom stereocenters. The Labute approximate surface area is 179 Å². The maximum Gasteiger partial charge on any atom is 0.272 e. The number of aryl methyl sites for hydroxylation is 1. The fourth-order valence-electron chi connectivity index (χ4n) is 3.20. The van der Waals surface area contributed by atoms with Gasteiger partial charge in [-0.1, -0.05) is 12.5 Å². The molecule has 1 fully saturated rings. The number of anilines is 1. The number of nitro groups is 1. The average molecular weight is 451 g/mol. The van der Waals surface area contributed by atoms with Gasteiger partial charge in [0.05, 0.1) is 15.9 Å². The van der Waals surface area contributed by atoms with Crippen LogP contribution in [0.2, 0.25) is 0 Å². The van der Waals surface area contributed by atoms with Crippen molar-refractivity contribution >= 4 is 27.3 Å². The predicted octanol–water partition coefficient (Wildman–Crippen LogP) is 3.23. The van der Waals surface area contributed by atoms with Crippen molar-refractivity contribution in [1.29, 1.82) is 0 Å². The van der Waals surface area contributed by atoms with Crippen molar-refractivity contribution in [1.82, 2.24) is 4.31 Å². The molecule has 1 aliphatic heterocycles. The normalized spacial score (nSPS) is 14.8. The predicted molar refractivity (Wildman–Crippen MR) is 111 cm³/mol. The van der Waals surface area contributed by atoms with Crippen molar-refractivity contribution in [3.63, 3.8) is 0 Å². The summed E-state index contributed by atoms with van der Waals surface area (Å²) >= 11 is 0. The van der Waals surface area contributed by atoms with E-state index in [1.165, 1.54) is 16.4 Å². The average Bonchev–Trinajstić information content (AvgIpc) is 2.74. The van der Waals surface area contributed by atoms with Crippen LogP contribution in [0.15, 0.2) is 41.3 Å². The Hall–Kier alpha value is -3.05. The number of nitro benzene ring substituents is 1. The molecule has 0 aromatic heterocycles. The monoisotopic (exact) mass is 451 g/mol. The first-order chi connectivity index (χ1) is 14.7. The van der Waals surface area contributed by atoms with Crippen molar-refractivity contribution in [3.05, 3.63) is 57.9 Å². The summed E-state index contributed by atoms with van der Waals surface area (Å²) in [5, 5.41) is 13.2. The molecule has 11 heteroatoms. The Morgan fingerprint density at radius 3 is 2.55 bits per heavy atom. The number of carbonyl (C=O) groups excluding carboxylic acids is 1. The van der Waals surface area contributed by atoms with Crippen LogP contribution in [-0.4, -0.2) is 43.2 Å². The van der Waals surface area contributed by atoms with E-state index >= 15 is 0 Å². The van der Waals surface area contributed by atoms with Gasteiger partial charge in [-0.15, -0.1) is 0 Å². The van der Waals surface area contributed by atoms with Gasteiger partial charge >= 0.3 is 0 Å². The molecule has 1 aliphatic rings. The third-order valence-corrected chi connectivity index (χ3v) is 6.82. The summed E-state index contributed by atoms with van der Waals surface area (Å²) in [4.78, 5) is 22.3. The molecule has 0 aliphatic carbocycles. The number of rotatable bonds is 7. The van der Waals surface area contributed by atoms with Gasteiger partial charge in [-0.25, -0.2) is 12.8 Å². The third-order valence-electron chi connectivity index (χ3n) is 4.92. The molecule has 1 N–H and O–H groups in total. The number of halogens is 1. The number of ether oxygens (including phenoxy) is 1. The number of hydrogen-bond acceptors (Lipinski definition) is 6. The van der Waals surface area contributed by atoms with Crippen LogP contribution in [0.4, 0.5) is 15.8 Å². The fourth-order valence-corrected chi connectivity index (χ4v) is 4.74. The van der Waals surface area contributed by atoms with Crippen LogP contribution in [0.3, 0.4) is 0 Å². The highest BCUT2D eigenvalue weighted by atomic mass is 32.2. The number of nitrogens with one attached hydrogen (secondary N) is 1. The Morgan fingerprint density at radius 2 is 1.90 bits per heavy atom. The Balaban J connectivity index is 1.69. The van der Waals surface area contributed by atoms with E-state index in [2.05, 4.69) is 5.32 Å². The van der Waals surface area contributed by atoms with Crippen LogP contribution < -0.4 is 10.1 Å². The highest BCUT2D eigenvalue weighted by Crippen LogP contribution is 2.26. The summed E-state index contributed by atoms with van der Waals surface area (Å²) in [5.41, 5.74) is 0.514. The number of sulfonamides is 1. The lowest BCUT2D eigenvalue weighted by atomic mass is 10.2.